The molecule has 8 nitrogen and oxygen atoms in total. The van der Waals surface area contributed by atoms with Gasteiger partial charge < -0.3 is 25.0 Å². The molecule has 1 atom stereocenters. The van der Waals surface area contributed by atoms with Crippen LogP contribution in [0.2, 0.25) is 5.02 Å². The number of piperidine rings is 1. The van der Waals surface area contributed by atoms with Gasteiger partial charge >= 0.3 is 12.5 Å². The van der Waals surface area contributed by atoms with Crippen LogP contribution in [0, 0.1) is 0 Å². The fourth-order valence-electron chi connectivity index (χ4n) is 4.17. The molecule has 1 aliphatic rings. The predicted octanol–water partition coefficient (Wildman–Crippen LogP) is 6.14. The lowest BCUT2D eigenvalue weighted by molar-refractivity contribution is -0.274. The average Bonchev–Trinajstić information content (AvgIpc) is 2.82. The molecule has 0 radical (unpaired) electrons. The molecule has 1 aliphatic heterocycles. The molecule has 12 heteroatoms. The third-order valence-corrected chi connectivity index (χ3v) is 6.09. The maximum absolute atomic E-state index is 13.1. The summed E-state index contributed by atoms with van der Waals surface area (Å²) in [6.45, 7) is 5.66. The van der Waals surface area contributed by atoms with Gasteiger partial charge in [0.2, 0.25) is 11.8 Å². The number of para-hydroxylation sites is 1. The van der Waals surface area contributed by atoms with Crippen LogP contribution >= 0.6 is 11.6 Å². The van der Waals surface area contributed by atoms with E-state index < -0.39 is 35.8 Å². The van der Waals surface area contributed by atoms with Gasteiger partial charge in [0, 0.05) is 36.3 Å². The number of carbonyl (C=O) groups is 3. The highest BCUT2D eigenvalue weighted by molar-refractivity contribution is 6.33. The summed E-state index contributed by atoms with van der Waals surface area (Å²) >= 11 is 6.38. The number of hydrogen-bond acceptors (Lipinski definition) is 5. The second-order valence-electron chi connectivity index (χ2n) is 10.0. The van der Waals surface area contributed by atoms with Crippen LogP contribution in [0.15, 0.2) is 42.5 Å². The number of nitrogens with zero attached hydrogens (tertiary/aromatic N) is 1. The molecule has 0 aromatic heterocycles. The van der Waals surface area contributed by atoms with E-state index in [4.69, 9.17) is 16.3 Å². The van der Waals surface area contributed by atoms with Gasteiger partial charge in [-0.15, -0.1) is 13.2 Å². The van der Waals surface area contributed by atoms with Gasteiger partial charge in [0.15, 0.2) is 0 Å². The molecule has 0 aliphatic carbocycles. The van der Waals surface area contributed by atoms with Crippen molar-refractivity contribution in [3.63, 3.8) is 0 Å². The number of halogens is 4. The summed E-state index contributed by atoms with van der Waals surface area (Å²) in [5.41, 5.74) is 0.0987. The van der Waals surface area contributed by atoms with Crippen molar-refractivity contribution >= 4 is 35.2 Å². The average molecular weight is 570 g/mol. The molecular weight excluding hydrogens is 539 g/mol. The Kier molecular flexibility index (Phi) is 9.71. The first-order valence-electron chi connectivity index (χ1n) is 12.5. The van der Waals surface area contributed by atoms with E-state index in [0.29, 0.717) is 24.2 Å². The van der Waals surface area contributed by atoms with Crippen molar-refractivity contribution in [2.24, 2.45) is 0 Å². The number of alkyl halides is 3. The number of alkyl carbamates (subject to hydrolysis) is 1. The molecule has 1 unspecified atom stereocenters. The standard InChI is InChI=1S/C27H31ClF3N3O5/c1-26(2,3)39-25(37)32-14-13-23(35)34-15-7-6-9-21(34)24(36)33-17-11-12-18(20(28)16-17)19-8-4-5-10-22(19)38-27(29,30)31/h4-5,8,10-12,16,21H,6-7,9,13-15H2,1-3H3,(H,32,37)(H,33,36). The second kappa shape index (κ2) is 12.6. The van der Waals surface area contributed by atoms with E-state index in [-0.39, 0.29) is 29.5 Å². The molecule has 1 saturated heterocycles. The number of benzene rings is 2. The topological polar surface area (TPSA) is 97.0 Å². The quantitative estimate of drug-likeness (QED) is 0.417. The molecule has 1 fully saturated rings. The van der Waals surface area contributed by atoms with Crippen LogP contribution < -0.4 is 15.4 Å². The van der Waals surface area contributed by atoms with Gasteiger partial charge in [-0.2, -0.15) is 0 Å². The highest BCUT2D eigenvalue weighted by Crippen LogP contribution is 2.38. The van der Waals surface area contributed by atoms with Gasteiger partial charge in [-0.1, -0.05) is 35.9 Å². The van der Waals surface area contributed by atoms with E-state index in [1.54, 1.807) is 26.8 Å². The summed E-state index contributed by atoms with van der Waals surface area (Å²) in [6.07, 6.45) is -3.53. The predicted molar refractivity (Wildman–Crippen MR) is 140 cm³/mol. The van der Waals surface area contributed by atoms with E-state index in [9.17, 15) is 27.6 Å². The third kappa shape index (κ3) is 9.05. The fraction of sp³-hybridized carbons (Fsp3) is 0.444. The first kappa shape index (κ1) is 30.1. The summed E-state index contributed by atoms with van der Waals surface area (Å²) in [5, 5.41) is 5.40. The van der Waals surface area contributed by atoms with Gasteiger partial charge in [0.1, 0.15) is 17.4 Å². The van der Waals surface area contributed by atoms with Crippen LogP contribution in [0.25, 0.3) is 11.1 Å². The number of nitrogens with one attached hydrogen (secondary N) is 2. The molecule has 0 bridgehead atoms. The third-order valence-electron chi connectivity index (χ3n) is 5.77. The molecule has 2 N–H and O–H groups in total. The smallest absolute Gasteiger partial charge is 0.444 e. The van der Waals surface area contributed by atoms with E-state index >= 15 is 0 Å². The maximum Gasteiger partial charge on any atom is 0.573 e. The number of amides is 3. The Morgan fingerprint density at radius 2 is 1.77 bits per heavy atom. The molecule has 2 aromatic rings. The monoisotopic (exact) mass is 569 g/mol. The summed E-state index contributed by atoms with van der Waals surface area (Å²) in [5.74, 6) is -1.09. The molecule has 0 saturated carbocycles. The molecule has 1 heterocycles. The van der Waals surface area contributed by atoms with Crippen LogP contribution in [0.4, 0.5) is 23.7 Å². The van der Waals surface area contributed by atoms with Gasteiger partial charge in [0.05, 0.1) is 5.02 Å². The number of ether oxygens (including phenoxy) is 2. The van der Waals surface area contributed by atoms with Crippen LogP contribution in [-0.2, 0) is 14.3 Å². The molecular formula is C27H31ClF3N3O5. The van der Waals surface area contributed by atoms with Crippen molar-refractivity contribution in [2.45, 2.75) is 64.5 Å². The minimum atomic E-state index is -4.87. The van der Waals surface area contributed by atoms with E-state index in [2.05, 4.69) is 15.4 Å². The zero-order valence-corrected chi connectivity index (χ0v) is 22.6. The second-order valence-corrected chi connectivity index (χ2v) is 10.4. The Bertz CT molecular complexity index is 1200. The van der Waals surface area contributed by atoms with E-state index in [1.165, 1.54) is 41.3 Å². The van der Waals surface area contributed by atoms with Gasteiger partial charge in [-0.3, -0.25) is 9.59 Å². The van der Waals surface area contributed by atoms with Crippen LogP contribution in [0.5, 0.6) is 5.75 Å². The Balaban J connectivity index is 1.66. The lowest BCUT2D eigenvalue weighted by Gasteiger charge is -2.35. The van der Waals surface area contributed by atoms with Crippen LogP contribution in [0.3, 0.4) is 0 Å². The maximum atomic E-state index is 13.1. The first-order valence-corrected chi connectivity index (χ1v) is 12.8. The van der Waals surface area contributed by atoms with E-state index in [1.807, 2.05) is 0 Å². The molecule has 2 aromatic carbocycles. The number of likely N-dealkylation sites (tertiary alicyclic amines) is 1. The lowest BCUT2D eigenvalue weighted by Crippen LogP contribution is -2.50. The largest absolute Gasteiger partial charge is 0.573 e. The minimum absolute atomic E-state index is 0.00293. The Hall–Kier alpha value is -3.47. The Morgan fingerprint density at radius 3 is 2.44 bits per heavy atom. The van der Waals surface area contributed by atoms with Crippen LogP contribution in [0.1, 0.15) is 46.5 Å². The summed E-state index contributed by atoms with van der Waals surface area (Å²) in [6, 6.07) is 9.33. The Labute approximate surface area is 229 Å². The van der Waals surface area contributed by atoms with Crippen molar-refractivity contribution in [1.82, 2.24) is 10.2 Å². The highest BCUT2D eigenvalue weighted by Gasteiger charge is 2.33. The molecule has 39 heavy (non-hydrogen) atoms. The van der Waals surface area contributed by atoms with E-state index in [0.717, 1.165) is 12.8 Å². The molecule has 3 rings (SSSR count). The van der Waals surface area contributed by atoms with Crippen molar-refractivity contribution in [3.8, 4) is 16.9 Å². The number of anilines is 1. The SMILES string of the molecule is CC(C)(C)OC(=O)NCCC(=O)N1CCCCC1C(=O)Nc1ccc(-c2ccccc2OC(F)(F)F)c(Cl)c1. The Morgan fingerprint density at radius 1 is 1.05 bits per heavy atom. The minimum Gasteiger partial charge on any atom is -0.444 e. The van der Waals surface area contributed by atoms with Crippen molar-refractivity contribution < 1.29 is 37.0 Å². The van der Waals surface area contributed by atoms with Crippen LogP contribution in [-0.4, -0.2) is 53.9 Å². The number of hydrogen-bond donors (Lipinski definition) is 2. The zero-order chi connectivity index (χ0) is 28.8. The first-order chi connectivity index (χ1) is 18.2. The summed E-state index contributed by atoms with van der Waals surface area (Å²) < 4.78 is 47.7. The fourth-order valence-corrected chi connectivity index (χ4v) is 4.45. The van der Waals surface area contributed by atoms with Gasteiger partial charge in [0.25, 0.3) is 0 Å². The number of carbonyl (C=O) groups excluding carboxylic acids is 3. The summed E-state index contributed by atoms with van der Waals surface area (Å²) in [7, 11) is 0. The molecule has 212 valence electrons. The lowest BCUT2D eigenvalue weighted by atomic mass is 10.0. The van der Waals surface area contributed by atoms with Crippen molar-refractivity contribution in [1.29, 1.82) is 0 Å². The molecule has 3 amide bonds. The molecule has 0 spiro atoms. The van der Waals surface area contributed by atoms with Crippen molar-refractivity contribution in [2.75, 3.05) is 18.4 Å². The van der Waals surface area contributed by atoms with Crippen molar-refractivity contribution in [3.05, 3.63) is 47.5 Å². The normalized spacial score (nSPS) is 15.9. The highest BCUT2D eigenvalue weighted by atomic mass is 35.5. The zero-order valence-electron chi connectivity index (χ0n) is 21.9. The van der Waals surface area contributed by atoms with Gasteiger partial charge in [-0.05, 0) is 58.2 Å². The van der Waals surface area contributed by atoms with Gasteiger partial charge in [-0.25, -0.2) is 4.79 Å². The summed E-state index contributed by atoms with van der Waals surface area (Å²) in [4.78, 5) is 39.3. The number of rotatable bonds is 7.